The number of fused-ring (bicyclic) bond motifs is 9. The first-order valence-corrected chi connectivity index (χ1v) is 17.2. The minimum Gasteiger partial charge on any atom is -0.497 e. The van der Waals surface area contributed by atoms with Gasteiger partial charge in [-0.1, -0.05) is 44.2 Å². The second-order valence-corrected chi connectivity index (χ2v) is 14.7. The summed E-state index contributed by atoms with van der Waals surface area (Å²) in [5.41, 5.74) is 6.49. The maximum absolute atomic E-state index is 14.7. The van der Waals surface area contributed by atoms with Crippen LogP contribution >= 0.6 is 11.9 Å². The van der Waals surface area contributed by atoms with Crippen molar-refractivity contribution in [2.75, 3.05) is 33.0 Å². The standard InChI is InChI=1S/C35H42N4O3S/c1-4-43-36-33(40)22-10-12-27-30(14-22)38-20-35(34(41)39-23-15-24(39)19-37(2)18-23)17-29(35)28-16-25(42-3)11-13-26(28)32(38)31(27)21-8-6-5-7-9-21/h10-14,16,21,23-24,29H,4-9,15,17-20H2,1-3H3,(H,36,40). The third-order valence-electron chi connectivity index (χ3n) is 11.1. The number of benzene rings is 2. The molecule has 2 aliphatic carbocycles. The molecule has 2 bridgehead atoms. The molecule has 43 heavy (non-hydrogen) atoms. The lowest BCUT2D eigenvalue weighted by Crippen LogP contribution is -2.70. The van der Waals surface area contributed by atoms with E-state index in [-0.39, 0.29) is 11.8 Å². The number of methoxy groups -OCH3 is 1. The van der Waals surface area contributed by atoms with Crippen molar-refractivity contribution < 1.29 is 14.3 Å². The number of amides is 2. The molecule has 0 radical (unpaired) electrons. The first kappa shape index (κ1) is 27.6. The number of aromatic nitrogens is 1. The van der Waals surface area contributed by atoms with E-state index < -0.39 is 5.41 Å². The zero-order chi connectivity index (χ0) is 29.5. The van der Waals surface area contributed by atoms with Crippen LogP contribution in [0.1, 0.15) is 85.2 Å². The molecule has 8 rings (SSSR count). The van der Waals surface area contributed by atoms with Crippen molar-refractivity contribution in [3.8, 4) is 17.0 Å². The third-order valence-corrected chi connectivity index (χ3v) is 11.7. The molecule has 4 unspecified atom stereocenters. The molecule has 7 nitrogen and oxygen atoms in total. The van der Waals surface area contributed by atoms with E-state index in [1.165, 1.54) is 71.8 Å². The summed E-state index contributed by atoms with van der Waals surface area (Å²) in [7, 11) is 3.90. The van der Waals surface area contributed by atoms with Crippen LogP contribution < -0.4 is 9.46 Å². The van der Waals surface area contributed by atoms with Crippen molar-refractivity contribution in [3.05, 3.63) is 53.1 Å². The molecule has 2 saturated heterocycles. The number of nitrogens with one attached hydrogen (secondary N) is 1. The first-order valence-electron chi connectivity index (χ1n) is 16.2. The first-order chi connectivity index (χ1) is 20.9. The van der Waals surface area contributed by atoms with Gasteiger partial charge in [0, 0.05) is 65.4 Å². The smallest absolute Gasteiger partial charge is 0.261 e. The van der Waals surface area contributed by atoms with Crippen LogP contribution in [0.4, 0.5) is 0 Å². The van der Waals surface area contributed by atoms with Crippen molar-refractivity contribution in [1.29, 1.82) is 0 Å². The SMILES string of the molecule is CCSNC(=O)c1ccc2c(C3CCCCC3)c3n(c2c1)CC1(C(=O)N2C4CC2CN(C)C4)CC1c1cc(OC)ccc1-3. The fourth-order valence-corrected chi connectivity index (χ4v) is 9.42. The van der Waals surface area contributed by atoms with Gasteiger partial charge in [0.2, 0.25) is 5.91 Å². The van der Waals surface area contributed by atoms with Gasteiger partial charge < -0.3 is 19.1 Å². The van der Waals surface area contributed by atoms with E-state index >= 15 is 0 Å². The third kappa shape index (κ3) is 4.19. The van der Waals surface area contributed by atoms with Gasteiger partial charge in [0.05, 0.1) is 18.2 Å². The molecule has 8 heteroatoms. The zero-order valence-electron chi connectivity index (χ0n) is 25.5. The lowest BCUT2D eigenvalue weighted by Gasteiger charge is -2.56. The largest absolute Gasteiger partial charge is 0.497 e. The van der Waals surface area contributed by atoms with Gasteiger partial charge in [-0.3, -0.25) is 14.3 Å². The lowest BCUT2D eigenvalue weighted by atomic mass is 9.81. The number of piperidine rings is 1. The van der Waals surface area contributed by atoms with Crippen LogP contribution in [-0.4, -0.2) is 71.3 Å². The Kier molecular flexibility index (Phi) is 6.60. The molecule has 4 heterocycles. The highest BCUT2D eigenvalue weighted by molar-refractivity contribution is 7.97. The Morgan fingerprint density at radius 3 is 2.60 bits per heavy atom. The van der Waals surface area contributed by atoms with E-state index in [0.29, 0.717) is 36.0 Å². The van der Waals surface area contributed by atoms with Crippen molar-refractivity contribution in [3.63, 3.8) is 0 Å². The minimum absolute atomic E-state index is 0.0603. The Labute approximate surface area is 258 Å². The molecule has 3 aromatic rings. The van der Waals surface area contributed by atoms with Gasteiger partial charge >= 0.3 is 0 Å². The molecule has 2 amide bonds. The highest BCUT2D eigenvalue weighted by Gasteiger charge is 2.66. The second-order valence-electron chi connectivity index (χ2n) is 13.6. The van der Waals surface area contributed by atoms with Crippen LogP contribution in [0.3, 0.4) is 0 Å². The predicted molar refractivity (Wildman–Crippen MR) is 172 cm³/mol. The summed E-state index contributed by atoms with van der Waals surface area (Å²) in [6.45, 7) is 4.62. The molecule has 3 aliphatic heterocycles. The Morgan fingerprint density at radius 1 is 1.07 bits per heavy atom. The van der Waals surface area contributed by atoms with E-state index in [9.17, 15) is 9.59 Å². The quantitative estimate of drug-likeness (QED) is 0.344. The summed E-state index contributed by atoms with van der Waals surface area (Å²) in [6.07, 6.45) is 8.15. The molecule has 2 saturated carbocycles. The molecule has 0 spiro atoms. The highest BCUT2D eigenvalue weighted by atomic mass is 32.2. The Hall–Kier alpha value is -2.97. The number of likely N-dealkylation sites (tertiary alicyclic amines) is 2. The van der Waals surface area contributed by atoms with Crippen LogP contribution in [0.25, 0.3) is 22.2 Å². The molecule has 2 aromatic carbocycles. The van der Waals surface area contributed by atoms with Gasteiger partial charge in [-0.25, -0.2) is 0 Å². The van der Waals surface area contributed by atoms with Crippen LogP contribution in [0.2, 0.25) is 0 Å². The Morgan fingerprint density at radius 2 is 1.86 bits per heavy atom. The predicted octanol–water partition coefficient (Wildman–Crippen LogP) is 6.16. The van der Waals surface area contributed by atoms with Crippen molar-refractivity contribution in [1.82, 2.24) is 19.1 Å². The molecule has 226 valence electrons. The van der Waals surface area contributed by atoms with Gasteiger partial charge in [0.1, 0.15) is 5.75 Å². The Balaban J connectivity index is 1.32. The molecule has 4 fully saturated rings. The van der Waals surface area contributed by atoms with E-state index in [1.54, 1.807) is 7.11 Å². The second kappa shape index (κ2) is 10.3. The highest BCUT2D eigenvalue weighted by Crippen LogP contribution is 2.67. The van der Waals surface area contributed by atoms with Gasteiger partial charge in [0.25, 0.3) is 5.91 Å². The normalized spacial score (nSPS) is 27.9. The molecule has 4 atom stereocenters. The minimum atomic E-state index is -0.467. The number of piperazine rings is 1. The maximum atomic E-state index is 14.7. The summed E-state index contributed by atoms with van der Waals surface area (Å²) in [6, 6.07) is 13.4. The number of carbonyl (C=O) groups excluding carboxylic acids is 2. The number of likely N-dealkylation sites (N-methyl/N-ethyl adjacent to an activating group) is 1. The fourth-order valence-electron chi connectivity index (χ4n) is 9.03. The molecule has 1 N–H and O–H groups in total. The summed E-state index contributed by atoms with van der Waals surface area (Å²) in [5.74, 6) is 2.60. The van der Waals surface area contributed by atoms with Gasteiger partial charge in [-0.2, -0.15) is 0 Å². The Bertz CT molecular complexity index is 1610. The zero-order valence-corrected chi connectivity index (χ0v) is 26.3. The summed E-state index contributed by atoms with van der Waals surface area (Å²) in [5, 5.41) is 1.24. The molecular weight excluding hydrogens is 556 g/mol. The van der Waals surface area contributed by atoms with Crippen molar-refractivity contribution in [2.45, 2.75) is 82.3 Å². The van der Waals surface area contributed by atoms with Crippen molar-refractivity contribution in [2.24, 2.45) is 5.41 Å². The van der Waals surface area contributed by atoms with Gasteiger partial charge in [0.15, 0.2) is 0 Å². The van der Waals surface area contributed by atoms with E-state index in [0.717, 1.165) is 43.0 Å². The van der Waals surface area contributed by atoms with Crippen LogP contribution in [0.15, 0.2) is 36.4 Å². The molecular formula is C35H42N4O3S. The van der Waals surface area contributed by atoms with Gasteiger partial charge in [-0.05, 0) is 80.1 Å². The number of carbonyl (C=O) groups is 2. The molecule has 1 aromatic heterocycles. The number of nitrogens with zero attached hydrogens (tertiary/aromatic N) is 3. The fraction of sp³-hybridized carbons (Fsp3) is 0.543. The van der Waals surface area contributed by atoms with Crippen LogP contribution in [0.5, 0.6) is 5.75 Å². The molecule has 5 aliphatic rings. The maximum Gasteiger partial charge on any atom is 0.261 e. The number of hydrogen-bond donors (Lipinski definition) is 1. The van der Waals surface area contributed by atoms with Crippen molar-refractivity contribution >= 4 is 34.7 Å². The topological polar surface area (TPSA) is 66.8 Å². The monoisotopic (exact) mass is 598 g/mol. The van der Waals surface area contributed by atoms with Gasteiger partial charge in [-0.15, -0.1) is 0 Å². The summed E-state index contributed by atoms with van der Waals surface area (Å²) in [4.78, 5) is 32.5. The average molecular weight is 599 g/mol. The van der Waals surface area contributed by atoms with Crippen LogP contribution in [0, 0.1) is 5.41 Å². The van der Waals surface area contributed by atoms with Crippen LogP contribution in [-0.2, 0) is 11.3 Å². The van der Waals surface area contributed by atoms with E-state index in [2.05, 4.69) is 56.5 Å². The summed E-state index contributed by atoms with van der Waals surface area (Å²) >= 11 is 1.43. The number of rotatable bonds is 6. The van der Waals surface area contributed by atoms with E-state index in [1.807, 2.05) is 13.0 Å². The van der Waals surface area contributed by atoms with E-state index in [4.69, 9.17) is 4.74 Å². The number of ether oxygens (including phenoxy) is 1. The average Bonchev–Trinajstić information content (AvgIpc) is 3.70. The lowest BCUT2D eigenvalue weighted by molar-refractivity contribution is -0.159. The summed E-state index contributed by atoms with van der Waals surface area (Å²) < 4.78 is 11.2. The number of hydrogen-bond acceptors (Lipinski definition) is 5.